The molecule has 0 unspecified atom stereocenters. The standard InChI is InChI=1S/C20H21ClN4O3S/c1-20(2,3)22-18(26)17(13-6-8-14(21)9-7-13)25(11-15-5-4-10-28-15)19(27)16-12-29-24-23-16/h4-10,12,17H,11H2,1-3H3,(H,22,26)/t17-/m1/s1. The van der Waals surface area contributed by atoms with Crippen molar-refractivity contribution in [3.63, 3.8) is 0 Å². The Bertz CT molecular complexity index is 951. The van der Waals surface area contributed by atoms with Gasteiger partial charge in [0.15, 0.2) is 5.69 Å². The van der Waals surface area contributed by atoms with Crippen molar-refractivity contribution in [3.8, 4) is 0 Å². The highest BCUT2D eigenvalue weighted by Crippen LogP contribution is 2.27. The first-order valence-electron chi connectivity index (χ1n) is 8.92. The van der Waals surface area contributed by atoms with Gasteiger partial charge in [-0.05, 0) is 62.1 Å². The zero-order valence-corrected chi connectivity index (χ0v) is 17.8. The summed E-state index contributed by atoms with van der Waals surface area (Å²) in [6.07, 6.45) is 1.52. The lowest BCUT2D eigenvalue weighted by Crippen LogP contribution is -2.49. The quantitative estimate of drug-likeness (QED) is 0.633. The zero-order chi connectivity index (χ0) is 21.0. The van der Waals surface area contributed by atoms with E-state index in [1.54, 1.807) is 41.8 Å². The Hall–Kier alpha value is -2.71. The molecule has 3 aromatic rings. The van der Waals surface area contributed by atoms with Crippen LogP contribution < -0.4 is 5.32 Å². The van der Waals surface area contributed by atoms with Gasteiger partial charge in [-0.25, -0.2) is 0 Å². The highest BCUT2D eigenvalue weighted by Gasteiger charge is 2.35. The molecule has 0 saturated carbocycles. The monoisotopic (exact) mass is 432 g/mol. The highest BCUT2D eigenvalue weighted by molar-refractivity contribution is 7.03. The minimum Gasteiger partial charge on any atom is -0.467 e. The SMILES string of the molecule is CC(C)(C)NC(=O)[C@@H](c1ccc(Cl)cc1)N(Cc1ccco1)C(=O)c1csnn1. The number of carbonyl (C=O) groups excluding carboxylic acids is 2. The van der Waals surface area contributed by atoms with Crippen molar-refractivity contribution >= 4 is 34.9 Å². The van der Waals surface area contributed by atoms with E-state index in [0.29, 0.717) is 16.3 Å². The van der Waals surface area contributed by atoms with Gasteiger partial charge in [-0.2, -0.15) is 0 Å². The van der Waals surface area contributed by atoms with E-state index in [0.717, 1.165) is 11.5 Å². The summed E-state index contributed by atoms with van der Waals surface area (Å²) in [6.45, 7) is 5.74. The molecule has 2 heterocycles. The second kappa shape index (κ2) is 8.75. The Morgan fingerprint density at radius 3 is 2.52 bits per heavy atom. The van der Waals surface area contributed by atoms with E-state index in [1.807, 2.05) is 20.8 Å². The van der Waals surface area contributed by atoms with E-state index in [2.05, 4.69) is 14.9 Å². The molecule has 0 radical (unpaired) electrons. The molecule has 0 spiro atoms. The maximum Gasteiger partial charge on any atom is 0.276 e. The third-order valence-corrected chi connectivity index (χ3v) is 4.75. The lowest BCUT2D eigenvalue weighted by molar-refractivity contribution is -0.127. The smallest absolute Gasteiger partial charge is 0.276 e. The summed E-state index contributed by atoms with van der Waals surface area (Å²) < 4.78 is 9.21. The van der Waals surface area contributed by atoms with E-state index >= 15 is 0 Å². The fourth-order valence-electron chi connectivity index (χ4n) is 2.81. The zero-order valence-electron chi connectivity index (χ0n) is 16.3. The predicted octanol–water partition coefficient (Wildman–Crippen LogP) is 4.08. The van der Waals surface area contributed by atoms with Crippen molar-refractivity contribution in [1.82, 2.24) is 19.8 Å². The summed E-state index contributed by atoms with van der Waals surface area (Å²) >= 11 is 7.10. The highest BCUT2D eigenvalue weighted by atomic mass is 35.5. The van der Waals surface area contributed by atoms with Crippen LogP contribution in [0.3, 0.4) is 0 Å². The average Bonchev–Trinajstić information content (AvgIpc) is 3.34. The molecule has 1 atom stereocenters. The number of carbonyl (C=O) groups is 2. The van der Waals surface area contributed by atoms with Gasteiger partial charge in [0.05, 0.1) is 12.8 Å². The lowest BCUT2D eigenvalue weighted by atomic mass is 10.0. The maximum atomic E-state index is 13.3. The predicted molar refractivity (Wildman–Crippen MR) is 111 cm³/mol. The van der Waals surface area contributed by atoms with Crippen LogP contribution in [0.1, 0.15) is 48.6 Å². The second-order valence-corrected chi connectivity index (χ2v) is 8.54. The summed E-state index contributed by atoms with van der Waals surface area (Å²) in [5.74, 6) is -0.189. The summed E-state index contributed by atoms with van der Waals surface area (Å²) in [5.41, 5.74) is 0.312. The van der Waals surface area contributed by atoms with E-state index < -0.39 is 17.5 Å². The molecule has 0 saturated heterocycles. The van der Waals surface area contributed by atoms with Gasteiger partial charge in [0, 0.05) is 15.9 Å². The number of halogens is 1. The maximum absolute atomic E-state index is 13.3. The van der Waals surface area contributed by atoms with E-state index in [9.17, 15) is 9.59 Å². The molecular formula is C20H21ClN4O3S. The number of nitrogens with one attached hydrogen (secondary N) is 1. The number of furan rings is 1. The second-order valence-electron chi connectivity index (χ2n) is 7.50. The van der Waals surface area contributed by atoms with Crippen molar-refractivity contribution in [2.45, 2.75) is 38.9 Å². The van der Waals surface area contributed by atoms with Crippen LogP contribution in [-0.4, -0.2) is 31.8 Å². The van der Waals surface area contributed by atoms with Gasteiger partial charge >= 0.3 is 0 Å². The van der Waals surface area contributed by atoms with Crippen LogP contribution in [0, 0.1) is 0 Å². The number of aromatic nitrogens is 2. The van der Waals surface area contributed by atoms with Gasteiger partial charge in [-0.1, -0.05) is 28.2 Å². The normalized spacial score (nSPS) is 12.4. The molecule has 0 aliphatic rings. The molecule has 3 rings (SSSR count). The Labute approximate surface area is 177 Å². The lowest BCUT2D eigenvalue weighted by Gasteiger charge is -2.32. The van der Waals surface area contributed by atoms with Crippen molar-refractivity contribution in [2.75, 3.05) is 0 Å². The first-order chi connectivity index (χ1) is 13.7. The van der Waals surface area contributed by atoms with E-state index in [1.165, 1.54) is 11.2 Å². The molecule has 2 aromatic heterocycles. The van der Waals surface area contributed by atoms with Crippen LogP contribution in [0.5, 0.6) is 0 Å². The molecule has 9 heteroatoms. The number of amides is 2. The number of nitrogens with zero attached hydrogens (tertiary/aromatic N) is 3. The van der Waals surface area contributed by atoms with Gasteiger partial charge in [0.2, 0.25) is 5.91 Å². The van der Waals surface area contributed by atoms with Crippen molar-refractivity contribution < 1.29 is 14.0 Å². The fraction of sp³-hybridized carbons (Fsp3) is 0.300. The number of benzene rings is 1. The third kappa shape index (κ3) is 5.42. The molecule has 0 aliphatic heterocycles. The molecule has 1 N–H and O–H groups in total. The molecule has 29 heavy (non-hydrogen) atoms. The van der Waals surface area contributed by atoms with E-state index in [-0.39, 0.29) is 18.1 Å². The first kappa shape index (κ1) is 21.0. The fourth-order valence-corrected chi connectivity index (χ4v) is 3.37. The molecule has 7 nitrogen and oxygen atoms in total. The van der Waals surface area contributed by atoms with Crippen LogP contribution in [0.15, 0.2) is 52.5 Å². The molecule has 2 amide bonds. The van der Waals surface area contributed by atoms with Crippen LogP contribution in [0.2, 0.25) is 5.02 Å². The summed E-state index contributed by atoms with van der Waals surface area (Å²) in [6, 6.07) is 9.41. The van der Waals surface area contributed by atoms with Crippen LogP contribution in [0.4, 0.5) is 0 Å². The largest absolute Gasteiger partial charge is 0.467 e. The summed E-state index contributed by atoms with van der Waals surface area (Å²) in [4.78, 5) is 28.0. The molecule has 152 valence electrons. The van der Waals surface area contributed by atoms with Crippen molar-refractivity contribution in [1.29, 1.82) is 0 Å². The van der Waals surface area contributed by atoms with Gasteiger partial charge in [0.1, 0.15) is 11.8 Å². The Morgan fingerprint density at radius 1 is 1.24 bits per heavy atom. The van der Waals surface area contributed by atoms with Gasteiger partial charge in [-0.15, -0.1) is 5.10 Å². The Morgan fingerprint density at radius 2 is 1.97 bits per heavy atom. The molecular weight excluding hydrogens is 412 g/mol. The van der Waals surface area contributed by atoms with Crippen molar-refractivity contribution in [3.05, 3.63) is 70.1 Å². The number of rotatable bonds is 6. The molecule has 1 aromatic carbocycles. The minimum absolute atomic E-state index is 0.0915. The van der Waals surface area contributed by atoms with Gasteiger partial charge < -0.3 is 14.6 Å². The summed E-state index contributed by atoms with van der Waals surface area (Å²) in [5, 5.41) is 8.94. The van der Waals surface area contributed by atoms with Crippen LogP contribution in [0.25, 0.3) is 0 Å². The molecule has 0 aliphatic carbocycles. The van der Waals surface area contributed by atoms with Gasteiger partial charge in [-0.3, -0.25) is 9.59 Å². The first-order valence-corrected chi connectivity index (χ1v) is 10.1. The summed E-state index contributed by atoms with van der Waals surface area (Å²) in [7, 11) is 0. The van der Waals surface area contributed by atoms with Crippen LogP contribution in [-0.2, 0) is 11.3 Å². The third-order valence-electron chi connectivity index (χ3n) is 3.99. The Kier molecular flexibility index (Phi) is 6.34. The minimum atomic E-state index is -0.911. The Balaban J connectivity index is 2.06. The van der Waals surface area contributed by atoms with E-state index in [4.69, 9.17) is 16.0 Å². The topological polar surface area (TPSA) is 88.3 Å². The number of hydrogen-bond donors (Lipinski definition) is 1. The molecule has 0 fully saturated rings. The van der Waals surface area contributed by atoms with Crippen molar-refractivity contribution in [2.24, 2.45) is 0 Å². The number of hydrogen-bond acceptors (Lipinski definition) is 6. The van der Waals surface area contributed by atoms with Gasteiger partial charge in [0.25, 0.3) is 5.91 Å². The average molecular weight is 433 g/mol. The molecule has 0 bridgehead atoms. The van der Waals surface area contributed by atoms with Crippen LogP contribution >= 0.6 is 23.1 Å².